The smallest absolute Gasteiger partial charge is 0.248 e. The number of nitrogens with one attached hydrogen (secondary N) is 1. The first-order valence-corrected chi connectivity index (χ1v) is 12.4. The number of benzene rings is 1. The minimum Gasteiger partial charge on any atom is -0.327 e. The fraction of sp³-hybridized carbons (Fsp3) is 0.682. The topological polar surface area (TPSA) is 64.0 Å². The highest BCUT2D eigenvalue weighted by atomic mass is 32.2. The lowest BCUT2D eigenvalue weighted by Crippen LogP contribution is -2.28. The number of hydrogen-bond donors (Lipinski definition) is 1. The summed E-state index contributed by atoms with van der Waals surface area (Å²) in [5, 5.41) is 0. The largest absolute Gasteiger partial charge is 0.327 e. The van der Waals surface area contributed by atoms with Crippen molar-refractivity contribution in [3.8, 4) is 0 Å². The van der Waals surface area contributed by atoms with E-state index in [0.29, 0.717) is 31.5 Å². The van der Waals surface area contributed by atoms with Gasteiger partial charge in [0.15, 0.2) is 0 Å². The summed E-state index contributed by atoms with van der Waals surface area (Å²) in [5.74, 6) is -1.36. The second kappa shape index (κ2) is 8.44. The average Bonchev–Trinajstić information content (AvgIpc) is 2.99. The summed E-state index contributed by atoms with van der Waals surface area (Å²) in [5.41, 5.74) is 1.91. The number of alkyl halides is 2. The zero-order valence-electron chi connectivity index (χ0n) is 18.3. The zero-order valence-corrected chi connectivity index (χ0v) is 19.2. The Morgan fingerprint density at radius 1 is 1.23 bits per heavy atom. The van der Waals surface area contributed by atoms with Gasteiger partial charge in [0.1, 0.15) is 5.82 Å². The molecule has 0 aliphatic heterocycles. The van der Waals surface area contributed by atoms with Gasteiger partial charge in [-0.2, -0.15) is 0 Å². The van der Waals surface area contributed by atoms with Crippen molar-refractivity contribution in [1.29, 1.82) is 0 Å². The van der Waals surface area contributed by atoms with Gasteiger partial charge in [-0.05, 0) is 43.4 Å². The maximum atomic E-state index is 13.6. The molecule has 0 unspecified atom stereocenters. The summed E-state index contributed by atoms with van der Waals surface area (Å²) >= 11 is 0. The molecule has 1 heterocycles. The highest BCUT2D eigenvalue weighted by Crippen LogP contribution is 2.38. The Morgan fingerprint density at radius 2 is 1.90 bits per heavy atom. The minimum absolute atomic E-state index is 0.0567. The van der Waals surface area contributed by atoms with Gasteiger partial charge in [-0.1, -0.05) is 34.1 Å². The number of hydrogen-bond acceptors (Lipinski definition) is 3. The molecule has 30 heavy (non-hydrogen) atoms. The third-order valence-corrected chi connectivity index (χ3v) is 7.11. The molecule has 8 heteroatoms. The predicted molar refractivity (Wildman–Crippen MR) is 118 cm³/mol. The van der Waals surface area contributed by atoms with E-state index in [1.807, 2.05) is 13.0 Å². The fourth-order valence-corrected chi connectivity index (χ4v) is 5.31. The van der Waals surface area contributed by atoms with Crippen molar-refractivity contribution in [2.45, 2.75) is 84.1 Å². The second-order valence-corrected chi connectivity index (χ2v) is 11.4. The molecule has 0 atom stereocenters. The molecule has 1 N–H and O–H groups in total. The SMILES string of the molecule is CCCCS(=O)(=O)Nc1ccc2c(c1)nc(C(C)(C)C)n2CC1CCC(F)(F)CC1. The summed E-state index contributed by atoms with van der Waals surface area (Å²) < 4.78 is 56.4. The van der Waals surface area contributed by atoms with Crippen molar-refractivity contribution in [3.63, 3.8) is 0 Å². The summed E-state index contributed by atoms with van der Waals surface area (Å²) in [7, 11) is -3.39. The van der Waals surface area contributed by atoms with Crippen LogP contribution in [0.1, 0.15) is 72.0 Å². The minimum atomic E-state index is -3.39. The van der Waals surface area contributed by atoms with Crippen LogP contribution in [-0.2, 0) is 22.0 Å². The van der Waals surface area contributed by atoms with Crippen LogP contribution in [0.15, 0.2) is 18.2 Å². The number of unbranched alkanes of at least 4 members (excludes halogenated alkanes) is 1. The number of halogens is 2. The van der Waals surface area contributed by atoms with Gasteiger partial charge >= 0.3 is 0 Å². The molecule has 0 saturated heterocycles. The van der Waals surface area contributed by atoms with E-state index >= 15 is 0 Å². The first-order valence-electron chi connectivity index (χ1n) is 10.8. The number of nitrogens with zero attached hydrogens (tertiary/aromatic N) is 2. The van der Waals surface area contributed by atoms with Gasteiger partial charge in [-0.25, -0.2) is 22.2 Å². The number of sulfonamides is 1. The van der Waals surface area contributed by atoms with E-state index in [1.165, 1.54) is 0 Å². The monoisotopic (exact) mass is 441 g/mol. The van der Waals surface area contributed by atoms with Gasteiger partial charge in [0, 0.05) is 24.8 Å². The molecule has 0 bridgehead atoms. The molecular weight excluding hydrogens is 408 g/mol. The van der Waals surface area contributed by atoms with Gasteiger partial charge in [-0.3, -0.25) is 4.72 Å². The van der Waals surface area contributed by atoms with E-state index in [9.17, 15) is 17.2 Å². The van der Waals surface area contributed by atoms with E-state index in [-0.39, 0.29) is 29.9 Å². The van der Waals surface area contributed by atoms with Crippen LogP contribution >= 0.6 is 0 Å². The van der Waals surface area contributed by atoms with Crippen LogP contribution in [0.5, 0.6) is 0 Å². The third kappa shape index (κ3) is 5.50. The van der Waals surface area contributed by atoms with E-state index in [0.717, 1.165) is 23.3 Å². The van der Waals surface area contributed by atoms with E-state index < -0.39 is 15.9 Å². The Labute approximate surface area is 178 Å². The number of fused-ring (bicyclic) bond motifs is 1. The van der Waals surface area contributed by atoms with Crippen LogP contribution in [0.25, 0.3) is 11.0 Å². The standard InChI is InChI=1S/C22H33F2N3O2S/c1-5-6-13-30(28,29)26-17-7-8-19-18(14-17)25-20(21(2,3)4)27(19)15-16-9-11-22(23,24)12-10-16/h7-8,14,16,26H,5-6,9-13,15H2,1-4H3. The number of imidazole rings is 1. The fourth-order valence-electron chi connectivity index (χ4n) is 4.06. The van der Waals surface area contributed by atoms with Crippen LogP contribution < -0.4 is 4.72 Å². The number of anilines is 1. The van der Waals surface area contributed by atoms with E-state index in [4.69, 9.17) is 4.98 Å². The van der Waals surface area contributed by atoms with Crippen molar-refractivity contribution in [1.82, 2.24) is 9.55 Å². The van der Waals surface area contributed by atoms with E-state index in [2.05, 4.69) is 30.1 Å². The molecule has 1 saturated carbocycles. The molecule has 168 valence electrons. The molecule has 5 nitrogen and oxygen atoms in total. The van der Waals surface area contributed by atoms with Gasteiger partial charge in [0.2, 0.25) is 15.9 Å². The Balaban J connectivity index is 1.90. The van der Waals surface area contributed by atoms with Crippen LogP contribution in [0.3, 0.4) is 0 Å². The summed E-state index contributed by atoms with van der Waals surface area (Å²) in [6.07, 6.45) is 2.32. The maximum Gasteiger partial charge on any atom is 0.248 e. The summed E-state index contributed by atoms with van der Waals surface area (Å²) in [6.45, 7) is 8.84. The predicted octanol–water partition coefficient (Wildman–Crippen LogP) is 5.70. The van der Waals surface area contributed by atoms with Gasteiger partial charge < -0.3 is 4.57 Å². The first kappa shape index (κ1) is 23.0. The maximum absolute atomic E-state index is 13.6. The average molecular weight is 442 g/mol. The molecule has 3 rings (SSSR count). The Morgan fingerprint density at radius 3 is 2.50 bits per heavy atom. The molecule has 1 aliphatic rings. The zero-order chi connectivity index (χ0) is 22.2. The van der Waals surface area contributed by atoms with Crippen molar-refractivity contribution in [3.05, 3.63) is 24.0 Å². The highest BCUT2D eigenvalue weighted by molar-refractivity contribution is 7.92. The molecular formula is C22H33F2N3O2S. The Hall–Kier alpha value is -1.70. The summed E-state index contributed by atoms with van der Waals surface area (Å²) in [4.78, 5) is 4.81. The number of aromatic nitrogens is 2. The Bertz CT molecular complexity index is 984. The molecule has 0 spiro atoms. The molecule has 1 aromatic heterocycles. The lowest BCUT2D eigenvalue weighted by atomic mass is 9.86. The normalized spacial score (nSPS) is 18.1. The summed E-state index contributed by atoms with van der Waals surface area (Å²) in [6, 6.07) is 5.40. The van der Waals surface area contributed by atoms with Gasteiger partial charge in [-0.15, -0.1) is 0 Å². The van der Waals surface area contributed by atoms with Crippen LogP contribution in [0, 0.1) is 5.92 Å². The van der Waals surface area contributed by atoms with Gasteiger partial charge in [0.05, 0.1) is 22.5 Å². The van der Waals surface area contributed by atoms with Gasteiger partial charge in [0.25, 0.3) is 0 Å². The van der Waals surface area contributed by atoms with Crippen molar-refractivity contribution >= 4 is 26.7 Å². The van der Waals surface area contributed by atoms with E-state index in [1.54, 1.807) is 12.1 Å². The van der Waals surface area contributed by atoms with Crippen molar-refractivity contribution in [2.24, 2.45) is 5.92 Å². The van der Waals surface area contributed by atoms with Crippen LogP contribution in [0.2, 0.25) is 0 Å². The first-order chi connectivity index (χ1) is 13.9. The lowest BCUT2D eigenvalue weighted by Gasteiger charge is -2.30. The van der Waals surface area contributed by atoms with Crippen LogP contribution in [-0.4, -0.2) is 29.6 Å². The number of rotatable bonds is 7. The third-order valence-electron chi connectivity index (χ3n) is 5.74. The quantitative estimate of drug-likeness (QED) is 0.599. The molecule has 0 amide bonds. The van der Waals surface area contributed by atoms with Crippen molar-refractivity contribution in [2.75, 3.05) is 10.5 Å². The van der Waals surface area contributed by atoms with Crippen molar-refractivity contribution < 1.29 is 17.2 Å². The molecule has 1 aromatic carbocycles. The second-order valence-electron chi connectivity index (χ2n) is 9.57. The van der Waals surface area contributed by atoms with Crippen LogP contribution in [0.4, 0.5) is 14.5 Å². The molecule has 2 aromatic rings. The highest BCUT2D eigenvalue weighted by Gasteiger charge is 2.35. The molecule has 0 radical (unpaired) electrons. The Kier molecular flexibility index (Phi) is 6.46. The molecule has 1 fully saturated rings. The lowest BCUT2D eigenvalue weighted by molar-refractivity contribution is -0.0473. The molecule has 1 aliphatic carbocycles.